The predicted molar refractivity (Wildman–Crippen MR) is 171 cm³/mol. The Kier molecular flexibility index (Phi) is 9.10. The van der Waals surface area contributed by atoms with Crippen molar-refractivity contribution in [3.8, 4) is 27.5 Å². The molecule has 41 heavy (non-hydrogen) atoms. The number of hydrogen-bond acceptors (Lipinski definition) is 4. The van der Waals surface area contributed by atoms with Crippen LogP contribution in [-0.4, -0.2) is 33.4 Å². The van der Waals surface area contributed by atoms with Gasteiger partial charge in [-0.05, 0) is 73.8 Å². The summed E-state index contributed by atoms with van der Waals surface area (Å²) in [5, 5.41) is 3.24. The first kappa shape index (κ1) is 29.3. The van der Waals surface area contributed by atoms with E-state index in [-0.39, 0.29) is 17.4 Å². The maximum absolute atomic E-state index is 14.6. The van der Waals surface area contributed by atoms with Gasteiger partial charge in [0.2, 0.25) is 0 Å². The second-order valence-electron chi connectivity index (χ2n) is 11.2. The summed E-state index contributed by atoms with van der Waals surface area (Å²) in [5.74, 6) is 0.270. The zero-order chi connectivity index (χ0) is 29.1. The molecule has 1 fully saturated rings. The molecule has 0 N–H and O–H groups in total. The normalized spacial score (nSPS) is 13.7. The van der Waals surface area contributed by atoms with Gasteiger partial charge in [0.15, 0.2) is 0 Å². The smallest absolute Gasteiger partial charge is 0.265 e. The molecule has 5 rings (SSSR count). The number of pyridine rings is 1. The topological polar surface area (TPSA) is 55.2 Å². The summed E-state index contributed by atoms with van der Waals surface area (Å²) in [4.78, 5) is 35.7. The molecule has 214 valence electrons. The Morgan fingerprint density at radius 2 is 1.66 bits per heavy atom. The SMILES string of the molecule is CCc1cccc(CC)c1-n1c(CC(C)C)c(C(=O)N2CCCCC2)cc(-c2nc(-c3ccc(Cl)cc3)cs2)c1=O. The fourth-order valence-corrected chi connectivity index (χ4v) is 6.70. The van der Waals surface area contributed by atoms with Gasteiger partial charge in [-0.1, -0.05) is 69.6 Å². The molecule has 0 bridgehead atoms. The highest BCUT2D eigenvalue weighted by Gasteiger charge is 2.28. The lowest BCUT2D eigenvalue weighted by Gasteiger charge is -2.29. The third-order valence-corrected chi connectivity index (χ3v) is 8.97. The van der Waals surface area contributed by atoms with E-state index in [1.54, 1.807) is 0 Å². The molecule has 0 radical (unpaired) electrons. The van der Waals surface area contributed by atoms with Crippen LogP contribution in [0.4, 0.5) is 0 Å². The van der Waals surface area contributed by atoms with Gasteiger partial charge in [0.1, 0.15) is 5.01 Å². The fraction of sp³-hybridized carbons (Fsp3) is 0.382. The Morgan fingerprint density at radius 3 is 2.27 bits per heavy atom. The van der Waals surface area contributed by atoms with Crippen molar-refractivity contribution in [3.63, 3.8) is 0 Å². The summed E-state index contributed by atoms with van der Waals surface area (Å²) in [6.07, 6.45) is 5.35. The van der Waals surface area contributed by atoms with E-state index in [2.05, 4.69) is 45.9 Å². The molecular weight excluding hydrogens is 550 g/mol. The lowest BCUT2D eigenvalue weighted by atomic mass is 9.96. The minimum Gasteiger partial charge on any atom is -0.339 e. The van der Waals surface area contributed by atoms with Crippen molar-refractivity contribution in [2.24, 2.45) is 5.92 Å². The number of halogens is 1. The monoisotopic (exact) mass is 587 g/mol. The van der Waals surface area contributed by atoms with E-state index < -0.39 is 0 Å². The molecule has 1 amide bonds. The molecule has 0 atom stereocenters. The van der Waals surface area contributed by atoms with Crippen molar-refractivity contribution in [2.75, 3.05) is 13.1 Å². The van der Waals surface area contributed by atoms with Crippen LogP contribution in [0.3, 0.4) is 0 Å². The molecule has 0 unspecified atom stereocenters. The van der Waals surface area contributed by atoms with Crippen LogP contribution in [-0.2, 0) is 19.3 Å². The standard InChI is InChI=1S/C34H38ClN3O2S/c1-5-23-11-10-12-24(6-2)31(23)38-30(19-22(3)4)27(33(39)37-17-8-7-9-18-37)20-28(34(38)40)32-36-29(21-41-32)25-13-15-26(35)16-14-25/h10-16,20-22H,5-9,17-19H2,1-4H3. The average molecular weight is 588 g/mol. The van der Waals surface area contributed by atoms with Crippen LogP contribution >= 0.6 is 22.9 Å². The van der Waals surface area contributed by atoms with E-state index in [1.165, 1.54) is 11.3 Å². The number of nitrogens with zero attached hydrogens (tertiary/aromatic N) is 3. The third-order valence-electron chi connectivity index (χ3n) is 7.84. The number of likely N-dealkylation sites (tertiary alicyclic amines) is 1. The van der Waals surface area contributed by atoms with E-state index in [0.29, 0.717) is 27.6 Å². The van der Waals surface area contributed by atoms with Crippen LogP contribution < -0.4 is 5.56 Å². The van der Waals surface area contributed by atoms with E-state index in [0.717, 1.165) is 79.0 Å². The number of rotatable bonds is 8. The molecule has 0 saturated carbocycles. The van der Waals surface area contributed by atoms with Crippen LogP contribution in [0.15, 0.2) is 58.7 Å². The number of carbonyl (C=O) groups excluding carboxylic acids is 1. The molecule has 1 aliphatic rings. The Hall–Kier alpha value is -3.22. The number of amides is 1. The Balaban J connectivity index is 1.80. The second kappa shape index (κ2) is 12.7. The number of aryl methyl sites for hydroxylation is 2. The molecule has 7 heteroatoms. The first-order chi connectivity index (χ1) is 19.8. The summed E-state index contributed by atoms with van der Waals surface area (Å²) in [6.45, 7) is 10.0. The quantitative estimate of drug-likeness (QED) is 0.209. The van der Waals surface area contributed by atoms with Crippen LogP contribution in [0.25, 0.3) is 27.5 Å². The van der Waals surface area contributed by atoms with Gasteiger partial charge >= 0.3 is 0 Å². The summed E-state index contributed by atoms with van der Waals surface area (Å²) in [7, 11) is 0. The van der Waals surface area contributed by atoms with E-state index in [1.807, 2.05) is 45.2 Å². The molecule has 0 spiro atoms. The molecule has 4 aromatic rings. The molecule has 0 aliphatic carbocycles. The second-order valence-corrected chi connectivity index (χ2v) is 12.5. The largest absolute Gasteiger partial charge is 0.339 e. The van der Waals surface area contributed by atoms with Gasteiger partial charge < -0.3 is 4.90 Å². The zero-order valence-electron chi connectivity index (χ0n) is 24.4. The van der Waals surface area contributed by atoms with Crippen LogP contribution in [0.1, 0.15) is 74.1 Å². The summed E-state index contributed by atoms with van der Waals surface area (Å²) in [5.41, 5.74) is 6.60. The highest BCUT2D eigenvalue weighted by Crippen LogP contribution is 2.32. The number of benzene rings is 2. The summed E-state index contributed by atoms with van der Waals surface area (Å²) >= 11 is 7.54. The van der Waals surface area contributed by atoms with Crippen molar-refractivity contribution in [3.05, 3.63) is 91.7 Å². The van der Waals surface area contributed by atoms with Gasteiger partial charge in [-0.3, -0.25) is 14.2 Å². The zero-order valence-corrected chi connectivity index (χ0v) is 25.9. The van der Waals surface area contributed by atoms with Gasteiger partial charge in [0, 0.05) is 34.7 Å². The van der Waals surface area contributed by atoms with Gasteiger partial charge in [-0.25, -0.2) is 4.98 Å². The predicted octanol–water partition coefficient (Wildman–Crippen LogP) is 8.23. The Labute approximate surface area is 251 Å². The number of piperidine rings is 1. The van der Waals surface area contributed by atoms with Crippen molar-refractivity contribution in [2.45, 2.75) is 66.2 Å². The third kappa shape index (κ3) is 6.05. The van der Waals surface area contributed by atoms with Crippen LogP contribution in [0, 0.1) is 5.92 Å². The first-order valence-corrected chi connectivity index (χ1v) is 16.0. The van der Waals surface area contributed by atoms with Crippen molar-refractivity contribution in [1.29, 1.82) is 0 Å². The molecule has 1 aliphatic heterocycles. The summed E-state index contributed by atoms with van der Waals surface area (Å²) < 4.78 is 1.87. The summed E-state index contributed by atoms with van der Waals surface area (Å²) in [6, 6.07) is 15.6. The van der Waals surface area contributed by atoms with Gasteiger partial charge in [-0.15, -0.1) is 11.3 Å². The number of aromatic nitrogens is 2. The number of hydrogen-bond donors (Lipinski definition) is 0. The van der Waals surface area contributed by atoms with Gasteiger partial charge in [0.25, 0.3) is 11.5 Å². The lowest BCUT2D eigenvalue weighted by molar-refractivity contribution is 0.0722. The first-order valence-electron chi connectivity index (χ1n) is 14.7. The van der Waals surface area contributed by atoms with Crippen molar-refractivity contribution >= 4 is 28.8 Å². The lowest BCUT2D eigenvalue weighted by Crippen LogP contribution is -2.38. The van der Waals surface area contributed by atoms with E-state index >= 15 is 0 Å². The molecule has 5 nitrogen and oxygen atoms in total. The molecule has 1 saturated heterocycles. The average Bonchev–Trinajstić information content (AvgIpc) is 3.47. The van der Waals surface area contributed by atoms with E-state index in [9.17, 15) is 9.59 Å². The highest BCUT2D eigenvalue weighted by atomic mass is 35.5. The maximum atomic E-state index is 14.6. The fourth-order valence-electron chi connectivity index (χ4n) is 5.74. The van der Waals surface area contributed by atoms with Crippen molar-refractivity contribution < 1.29 is 4.79 Å². The molecule has 2 aromatic carbocycles. The molecular formula is C34H38ClN3O2S. The minimum atomic E-state index is -0.122. The maximum Gasteiger partial charge on any atom is 0.265 e. The Bertz CT molecular complexity index is 1580. The highest BCUT2D eigenvalue weighted by molar-refractivity contribution is 7.13. The number of carbonyl (C=O) groups is 1. The number of para-hydroxylation sites is 1. The van der Waals surface area contributed by atoms with Crippen LogP contribution in [0.2, 0.25) is 5.02 Å². The van der Waals surface area contributed by atoms with Crippen molar-refractivity contribution in [1.82, 2.24) is 14.5 Å². The molecule has 2 aromatic heterocycles. The number of thiazole rings is 1. The van der Waals surface area contributed by atoms with Gasteiger partial charge in [-0.2, -0.15) is 0 Å². The molecule has 3 heterocycles. The van der Waals surface area contributed by atoms with Crippen LogP contribution in [0.5, 0.6) is 0 Å². The van der Waals surface area contributed by atoms with Gasteiger partial charge in [0.05, 0.1) is 22.5 Å². The van der Waals surface area contributed by atoms with E-state index in [4.69, 9.17) is 16.6 Å². The minimum absolute atomic E-state index is 0.0110. The Morgan fingerprint density at radius 1 is 1.00 bits per heavy atom.